The van der Waals surface area contributed by atoms with Crippen molar-refractivity contribution in [2.45, 2.75) is 12.8 Å². The van der Waals surface area contributed by atoms with Gasteiger partial charge in [-0.1, -0.05) is 6.07 Å². The van der Waals surface area contributed by atoms with E-state index in [0.29, 0.717) is 0 Å². The molecule has 11 heavy (non-hydrogen) atoms. The number of aryl methyl sites for hydroxylation is 1. The summed E-state index contributed by atoms with van der Waals surface area (Å²) >= 11 is 0. The van der Waals surface area contributed by atoms with Crippen LogP contribution in [0.15, 0.2) is 18.2 Å². The minimum Gasteiger partial charge on any atom is -0.399 e. The standard InChI is InChI=1S/C9H11N2/c10-7-2-3-8-6(5-7)1-4-9(8)11/h2-3,5H,1,4,10-11H2. The molecule has 1 aliphatic carbocycles. The van der Waals surface area contributed by atoms with E-state index in [9.17, 15) is 0 Å². The third-order valence-corrected chi connectivity index (χ3v) is 2.14. The molecule has 0 atom stereocenters. The molecule has 1 radical (unpaired) electrons. The quantitative estimate of drug-likeness (QED) is 0.539. The van der Waals surface area contributed by atoms with E-state index in [0.717, 1.165) is 24.6 Å². The number of anilines is 1. The van der Waals surface area contributed by atoms with E-state index in [-0.39, 0.29) is 0 Å². The fraction of sp³-hybridized carbons (Fsp3) is 0.222. The largest absolute Gasteiger partial charge is 0.399 e. The van der Waals surface area contributed by atoms with E-state index >= 15 is 0 Å². The van der Waals surface area contributed by atoms with Crippen molar-refractivity contribution in [2.24, 2.45) is 5.73 Å². The molecule has 1 aromatic rings. The molecule has 2 nitrogen and oxygen atoms in total. The Morgan fingerprint density at radius 3 is 2.73 bits per heavy atom. The molecule has 2 rings (SSSR count). The lowest BCUT2D eigenvalue weighted by molar-refractivity contribution is 0.915. The van der Waals surface area contributed by atoms with Crippen LogP contribution in [0.3, 0.4) is 0 Å². The predicted molar refractivity (Wildman–Crippen MR) is 45.7 cm³/mol. The maximum absolute atomic E-state index is 5.77. The van der Waals surface area contributed by atoms with Crippen molar-refractivity contribution in [3.8, 4) is 0 Å². The van der Waals surface area contributed by atoms with Crippen molar-refractivity contribution in [1.29, 1.82) is 0 Å². The molecule has 2 heteroatoms. The van der Waals surface area contributed by atoms with E-state index in [2.05, 4.69) is 0 Å². The molecule has 0 bridgehead atoms. The van der Waals surface area contributed by atoms with Crippen LogP contribution in [0.2, 0.25) is 0 Å². The Morgan fingerprint density at radius 1 is 1.09 bits per heavy atom. The summed E-state index contributed by atoms with van der Waals surface area (Å²) in [6.07, 6.45) is 2.03. The van der Waals surface area contributed by atoms with Crippen LogP contribution < -0.4 is 11.5 Å². The van der Waals surface area contributed by atoms with Crippen LogP contribution in [-0.4, -0.2) is 0 Å². The summed E-state index contributed by atoms with van der Waals surface area (Å²) in [5.41, 5.74) is 14.7. The van der Waals surface area contributed by atoms with Crippen LogP contribution in [-0.2, 0) is 6.42 Å². The van der Waals surface area contributed by atoms with Crippen molar-refractivity contribution < 1.29 is 0 Å². The number of rotatable bonds is 0. The number of hydrogen-bond acceptors (Lipinski definition) is 2. The average Bonchev–Trinajstić information content (AvgIpc) is 2.32. The van der Waals surface area contributed by atoms with Gasteiger partial charge in [-0.3, -0.25) is 0 Å². The molecule has 0 fully saturated rings. The zero-order valence-corrected chi connectivity index (χ0v) is 6.30. The smallest absolute Gasteiger partial charge is 0.0640 e. The number of hydrogen-bond donors (Lipinski definition) is 2. The van der Waals surface area contributed by atoms with E-state index in [4.69, 9.17) is 11.5 Å². The topological polar surface area (TPSA) is 52.0 Å². The van der Waals surface area contributed by atoms with E-state index in [1.54, 1.807) is 0 Å². The van der Waals surface area contributed by atoms with Crippen LogP contribution in [0.5, 0.6) is 0 Å². The van der Waals surface area contributed by atoms with Gasteiger partial charge in [0.15, 0.2) is 0 Å². The zero-order valence-electron chi connectivity index (χ0n) is 6.30. The predicted octanol–water partition coefficient (Wildman–Crippen LogP) is 1.05. The molecule has 1 aliphatic rings. The SMILES string of the molecule is N[C]1CCc2cc(N)ccc21. The Balaban J connectivity index is 2.50. The van der Waals surface area contributed by atoms with Gasteiger partial charge in [-0.05, 0) is 36.1 Å². The van der Waals surface area contributed by atoms with Crippen molar-refractivity contribution in [2.75, 3.05) is 5.73 Å². The van der Waals surface area contributed by atoms with Gasteiger partial charge >= 0.3 is 0 Å². The Hall–Kier alpha value is -1.02. The van der Waals surface area contributed by atoms with Gasteiger partial charge in [0, 0.05) is 5.69 Å². The molecule has 0 unspecified atom stereocenters. The third kappa shape index (κ3) is 0.994. The fourth-order valence-electron chi connectivity index (χ4n) is 1.54. The van der Waals surface area contributed by atoms with Crippen LogP contribution in [0, 0.1) is 6.04 Å². The lowest BCUT2D eigenvalue weighted by Gasteiger charge is -2.02. The maximum Gasteiger partial charge on any atom is 0.0640 e. The van der Waals surface area contributed by atoms with Crippen LogP contribution in [0.1, 0.15) is 17.5 Å². The molecule has 0 aromatic heterocycles. The van der Waals surface area contributed by atoms with E-state index in [1.165, 1.54) is 11.1 Å². The van der Waals surface area contributed by atoms with E-state index in [1.807, 2.05) is 18.2 Å². The van der Waals surface area contributed by atoms with Crippen molar-refractivity contribution in [3.05, 3.63) is 35.4 Å². The molecular formula is C9H11N2. The Bertz CT molecular complexity index is 281. The first-order valence-corrected chi connectivity index (χ1v) is 3.77. The van der Waals surface area contributed by atoms with Gasteiger partial charge in [-0.25, -0.2) is 0 Å². The Morgan fingerprint density at radius 2 is 1.91 bits per heavy atom. The van der Waals surface area contributed by atoms with Gasteiger partial charge < -0.3 is 11.5 Å². The molecule has 0 amide bonds. The zero-order chi connectivity index (χ0) is 7.84. The second kappa shape index (κ2) is 2.24. The summed E-state index contributed by atoms with van der Waals surface area (Å²) in [5.74, 6) is 0. The summed E-state index contributed by atoms with van der Waals surface area (Å²) < 4.78 is 0. The Labute approximate surface area is 66.2 Å². The number of nitrogens with two attached hydrogens (primary N) is 2. The van der Waals surface area contributed by atoms with Gasteiger partial charge in [-0.2, -0.15) is 0 Å². The van der Waals surface area contributed by atoms with E-state index < -0.39 is 0 Å². The first-order chi connectivity index (χ1) is 5.27. The van der Waals surface area contributed by atoms with Crippen molar-refractivity contribution in [3.63, 3.8) is 0 Å². The number of nitrogen functional groups attached to an aromatic ring is 1. The summed E-state index contributed by atoms with van der Waals surface area (Å²) in [4.78, 5) is 0. The lowest BCUT2D eigenvalue weighted by atomic mass is 10.1. The van der Waals surface area contributed by atoms with Gasteiger partial charge in [0.2, 0.25) is 0 Å². The lowest BCUT2D eigenvalue weighted by Crippen LogP contribution is -2.06. The van der Waals surface area contributed by atoms with Crippen LogP contribution in [0.25, 0.3) is 0 Å². The molecule has 1 aromatic carbocycles. The average molecular weight is 147 g/mol. The third-order valence-electron chi connectivity index (χ3n) is 2.14. The molecule has 0 saturated carbocycles. The minimum atomic E-state index is 0.832. The Kier molecular flexibility index (Phi) is 1.36. The molecule has 0 spiro atoms. The summed E-state index contributed by atoms with van der Waals surface area (Å²) in [6, 6.07) is 6.92. The monoisotopic (exact) mass is 147 g/mol. The fourth-order valence-corrected chi connectivity index (χ4v) is 1.54. The first kappa shape index (κ1) is 6.68. The number of fused-ring (bicyclic) bond motifs is 1. The second-order valence-electron chi connectivity index (χ2n) is 2.94. The second-order valence-corrected chi connectivity index (χ2v) is 2.94. The molecule has 0 heterocycles. The van der Waals surface area contributed by atoms with Gasteiger partial charge in [0.25, 0.3) is 0 Å². The highest BCUT2D eigenvalue weighted by Crippen LogP contribution is 2.29. The highest BCUT2D eigenvalue weighted by Gasteiger charge is 2.18. The molecule has 57 valence electrons. The normalized spacial score (nSPS) is 16.8. The first-order valence-electron chi connectivity index (χ1n) is 3.77. The maximum atomic E-state index is 5.77. The highest BCUT2D eigenvalue weighted by molar-refractivity contribution is 5.51. The van der Waals surface area contributed by atoms with Crippen LogP contribution in [0.4, 0.5) is 5.69 Å². The van der Waals surface area contributed by atoms with Crippen molar-refractivity contribution >= 4 is 5.69 Å². The highest BCUT2D eigenvalue weighted by atomic mass is 14.6. The number of benzene rings is 1. The molecule has 0 saturated heterocycles. The van der Waals surface area contributed by atoms with Gasteiger partial charge in [0.1, 0.15) is 0 Å². The van der Waals surface area contributed by atoms with Crippen LogP contribution >= 0.6 is 0 Å². The van der Waals surface area contributed by atoms with Crippen molar-refractivity contribution in [1.82, 2.24) is 0 Å². The summed E-state index contributed by atoms with van der Waals surface area (Å²) in [6.45, 7) is 0. The molecular weight excluding hydrogens is 136 g/mol. The molecule has 4 N–H and O–H groups in total. The summed E-state index contributed by atoms with van der Waals surface area (Å²) in [7, 11) is 0. The summed E-state index contributed by atoms with van der Waals surface area (Å²) in [5, 5.41) is 0. The van der Waals surface area contributed by atoms with Gasteiger partial charge in [0.05, 0.1) is 6.04 Å². The molecule has 0 aliphatic heterocycles. The minimum absolute atomic E-state index is 0.832. The van der Waals surface area contributed by atoms with Gasteiger partial charge in [-0.15, -0.1) is 0 Å².